The van der Waals surface area contributed by atoms with Crippen molar-refractivity contribution in [2.24, 2.45) is 11.8 Å². The molecule has 2 rings (SSSR count). The van der Waals surface area contributed by atoms with E-state index in [1.165, 1.54) is 11.1 Å². The fraction of sp³-hybridized carbons (Fsp3) is 0.455. The average Bonchev–Trinajstić information content (AvgIpc) is 2.67. The van der Waals surface area contributed by atoms with Crippen molar-refractivity contribution < 1.29 is 18.9 Å². The van der Waals surface area contributed by atoms with E-state index in [0.717, 1.165) is 23.0 Å². The van der Waals surface area contributed by atoms with Gasteiger partial charge in [-0.1, -0.05) is 32.9 Å². The highest BCUT2D eigenvalue weighted by Gasteiger charge is 2.26. The molecular formula is C22H30O4. The molecule has 0 heterocycles. The van der Waals surface area contributed by atoms with Crippen LogP contribution in [0.25, 0.3) is 0 Å². The second-order valence-corrected chi connectivity index (χ2v) is 6.81. The molecule has 0 aliphatic rings. The van der Waals surface area contributed by atoms with Crippen LogP contribution in [-0.4, -0.2) is 28.4 Å². The molecule has 0 saturated heterocycles. The molecule has 4 nitrogen and oxygen atoms in total. The molecule has 0 saturated carbocycles. The monoisotopic (exact) mass is 358 g/mol. The van der Waals surface area contributed by atoms with Gasteiger partial charge in [0, 0.05) is 5.92 Å². The largest absolute Gasteiger partial charge is 0.493 e. The van der Waals surface area contributed by atoms with Gasteiger partial charge in [-0.05, 0) is 47.2 Å². The molecule has 0 radical (unpaired) electrons. The number of ether oxygens (including phenoxy) is 4. The van der Waals surface area contributed by atoms with E-state index in [9.17, 15) is 0 Å². The van der Waals surface area contributed by atoms with Gasteiger partial charge >= 0.3 is 0 Å². The molecular weight excluding hydrogens is 328 g/mol. The maximum absolute atomic E-state index is 5.51. The fourth-order valence-electron chi connectivity index (χ4n) is 3.28. The summed E-state index contributed by atoms with van der Waals surface area (Å²) in [6.07, 6.45) is 0. The van der Waals surface area contributed by atoms with Crippen LogP contribution in [0.1, 0.15) is 37.8 Å². The summed E-state index contributed by atoms with van der Waals surface area (Å²) in [6.45, 7) is 6.78. The molecule has 0 aliphatic heterocycles. The average molecular weight is 358 g/mol. The highest BCUT2D eigenvalue weighted by molar-refractivity contribution is 5.49. The third kappa shape index (κ3) is 4.06. The minimum Gasteiger partial charge on any atom is -0.493 e. The van der Waals surface area contributed by atoms with Crippen LogP contribution in [0.15, 0.2) is 36.4 Å². The van der Waals surface area contributed by atoms with Crippen molar-refractivity contribution in [1.82, 2.24) is 0 Å². The molecule has 2 aromatic rings. The van der Waals surface area contributed by atoms with Crippen LogP contribution in [0.5, 0.6) is 23.0 Å². The van der Waals surface area contributed by atoms with Gasteiger partial charge in [-0.2, -0.15) is 0 Å². The molecule has 4 heteroatoms. The molecule has 0 spiro atoms. The smallest absolute Gasteiger partial charge is 0.161 e. The lowest BCUT2D eigenvalue weighted by Crippen LogP contribution is -2.17. The van der Waals surface area contributed by atoms with Gasteiger partial charge < -0.3 is 18.9 Å². The Morgan fingerprint density at radius 3 is 1.27 bits per heavy atom. The van der Waals surface area contributed by atoms with E-state index in [0.29, 0.717) is 11.8 Å². The Morgan fingerprint density at radius 2 is 0.962 bits per heavy atom. The van der Waals surface area contributed by atoms with Gasteiger partial charge in [0.05, 0.1) is 28.4 Å². The lowest BCUT2D eigenvalue weighted by Gasteiger charge is -2.29. The normalized spacial score (nSPS) is 12.2. The summed E-state index contributed by atoms with van der Waals surface area (Å²) < 4.78 is 21.8. The molecule has 0 fully saturated rings. The van der Waals surface area contributed by atoms with Gasteiger partial charge in [0.1, 0.15) is 0 Å². The molecule has 1 unspecified atom stereocenters. The summed E-state index contributed by atoms with van der Waals surface area (Å²) in [6, 6.07) is 12.3. The van der Waals surface area contributed by atoms with E-state index >= 15 is 0 Å². The third-order valence-corrected chi connectivity index (χ3v) is 5.11. The van der Waals surface area contributed by atoms with Crippen LogP contribution in [0.4, 0.5) is 0 Å². The zero-order valence-corrected chi connectivity index (χ0v) is 16.8. The van der Waals surface area contributed by atoms with Crippen LogP contribution in [0, 0.1) is 11.8 Å². The van der Waals surface area contributed by atoms with Crippen molar-refractivity contribution in [2.45, 2.75) is 26.7 Å². The van der Waals surface area contributed by atoms with Crippen molar-refractivity contribution in [3.8, 4) is 23.0 Å². The first-order valence-corrected chi connectivity index (χ1v) is 8.90. The Balaban J connectivity index is 2.58. The van der Waals surface area contributed by atoms with Gasteiger partial charge in [0.25, 0.3) is 0 Å². The maximum Gasteiger partial charge on any atom is 0.161 e. The summed E-state index contributed by atoms with van der Waals surface area (Å²) in [5.74, 6) is 4.10. The standard InChI is InChI=1S/C22H30O4/c1-14(2)15(3)22(16-8-10-18(23-4)20(12-16)25-6)17-9-11-19(24-5)21(13-17)26-7/h8-15,22H,1-7H3. The molecule has 0 amide bonds. The number of methoxy groups -OCH3 is 4. The van der Waals surface area contributed by atoms with Gasteiger partial charge in [0.2, 0.25) is 0 Å². The van der Waals surface area contributed by atoms with E-state index in [1.54, 1.807) is 28.4 Å². The Hall–Kier alpha value is -2.36. The molecule has 26 heavy (non-hydrogen) atoms. The highest BCUT2D eigenvalue weighted by Crippen LogP contribution is 2.41. The zero-order chi connectivity index (χ0) is 19.3. The van der Waals surface area contributed by atoms with Crippen molar-refractivity contribution in [1.29, 1.82) is 0 Å². The molecule has 0 aliphatic carbocycles. The highest BCUT2D eigenvalue weighted by atomic mass is 16.5. The van der Waals surface area contributed by atoms with Crippen LogP contribution in [0.3, 0.4) is 0 Å². The topological polar surface area (TPSA) is 36.9 Å². The van der Waals surface area contributed by atoms with E-state index in [1.807, 2.05) is 12.1 Å². The van der Waals surface area contributed by atoms with Crippen LogP contribution in [-0.2, 0) is 0 Å². The molecule has 1 atom stereocenters. The van der Waals surface area contributed by atoms with Crippen molar-refractivity contribution in [3.63, 3.8) is 0 Å². The third-order valence-electron chi connectivity index (χ3n) is 5.11. The lowest BCUT2D eigenvalue weighted by molar-refractivity contribution is 0.347. The molecule has 142 valence electrons. The van der Waals surface area contributed by atoms with Crippen molar-refractivity contribution >= 4 is 0 Å². The summed E-state index contributed by atoms with van der Waals surface area (Å²) >= 11 is 0. The van der Waals surface area contributed by atoms with E-state index in [-0.39, 0.29) is 5.92 Å². The predicted molar refractivity (Wildman–Crippen MR) is 105 cm³/mol. The van der Waals surface area contributed by atoms with Gasteiger partial charge in [0.15, 0.2) is 23.0 Å². The summed E-state index contributed by atoms with van der Waals surface area (Å²) in [4.78, 5) is 0. The van der Waals surface area contributed by atoms with E-state index in [4.69, 9.17) is 18.9 Å². The second-order valence-electron chi connectivity index (χ2n) is 6.81. The number of hydrogen-bond donors (Lipinski definition) is 0. The van der Waals surface area contributed by atoms with Crippen LogP contribution in [0.2, 0.25) is 0 Å². The number of hydrogen-bond acceptors (Lipinski definition) is 4. The first-order chi connectivity index (χ1) is 12.5. The first kappa shape index (κ1) is 20.0. The quantitative estimate of drug-likeness (QED) is 0.654. The molecule has 2 aromatic carbocycles. The maximum atomic E-state index is 5.51. The Kier molecular flexibility index (Phi) is 6.78. The summed E-state index contributed by atoms with van der Waals surface area (Å²) in [7, 11) is 6.64. The zero-order valence-electron chi connectivity index (χ0n) is 16.8. The van der Waals surface area contributed by atoms with Gasteiger partial charge in [-0.15, -0.1) is 0 Å². The van der Waals surface area contributed by atoms with Crippen LogP contribution >= 0.6 is 0 Å². The van der Waals surface area contributed by atoms with E-state index < -0.39 is 0 Å². The van der Waals surface area contributed by atoms with Gasteiger partial charge in [-0.25, -0.2) is 0 Å². The minimum absolute atomic E-state index is 0.203. The second kappa shape index (κ2) is 8.84. The minimum atomic E-state index is 0.203. The predicted octanol–water partition coefficient (Wildman–Crippen LogP) is 5.15. The van der Waals surface area contributed by atoms with E-state index in [2.05, 4.69) is 45.0 Å². The Bertz CT molecular complexity index is 669. The molecule has 0 bridgehead atoms. The summed E-state index contributed by atoms with van der Waals surface area (Å²) in [5, 5.41) is 0. The number of benzene rings is 2. The molecule has 0 N–H and O–H groups in total. The first-order valence-electron chi connectivity index (χ1n) is 8.90. The van der Waals surface area contributed by atoms with Gasteiger partial charge in [-0.3, -0.25) is 0 Å². The SMILES string of the molecule is COc1ccc(C(c2ccc(OC)c(OC)c2)C(C)C(C)C)cc1OC. The van der Waals surface area contributed by atoms with Crippen molar-refractivity contribution in [2.75, 3.05) is 28.4 Å². The Morgan fingerprint density at radius 1 is 0.577 bits per heavy atom. The molecule has 0 aromatic heterocycles. The Labute approximate surface area is 157 Å². The summed E-state index contributed by atoms with van der Waals surface area (Å²) in [5.41, 5.74) is 2.38. The van der Waals surface area contributed by atoms with Crippen molar-refractivity contribution in [3.05, 3.63) is 47.5 Å². The lowest BCUT2D eigenvalue weighted by atomic mass is 9.76. The fourth-order valence-corrected chi connectivity index (χ4v) is 3.28. The number of rotatable bonds is 8. The van der Waals surface area contributed by atoms with Crippen LogP contribution < -0.4 is 18.9 Å².